The largest absolute Gasteiger partial charge is 0.482 e. The van der Waals surface area contributed by atoms with E-state index >= 15 is 0 Å². The summed E-state index contributed by atoms with van der Waals surface area (Å²) < 4.78 is 33.3. The first-order valence-electron chi connectivity index (χ1n) is 9.63. The van der Waals surface area contributed by atoms with Gasteiger partial charge in [0.2, 0.25) is 10.0 Å². The number of nitrogens with zero attached hydrogens (tertiary/aromatic N) is 2. The van der Waals surface area contributed by atoms with E-state index in [1.807, 2.05) is 36.4 Å². The molecule has 7 nitrogen and oxygen atoms in total. The first-order valence-corrected chi connectivity index (χ1v) is 11.1. The molecule has 30 heavy (non-hydrogen) atoms. The van der Waals surface area contributed by atoms with Crippen molar-refractivity contribution in [1.29, 1.82) is 0 Å². The van der Waals surface area contributed by atoms with Crippen molar-refractivity contribution in [1.82, 2.24) is 4.31 Å². The standard InChI is InChI=1S/C22H22N2O5S/c25-22(26)16-29-19-8-4-7-18(15-19)23-11-13-24(14-12-23)30(27,28)21-10-3-6-17-5-1-2-9-20(17)21/h1-10,15H,11-14,16H2,(H,25,26). The van der Waals surface area contributed by atoms with Crippen LogP contribution in [0.2, 0.25) is 0 Å². The van der Waals surface area contributed by atoms with E-state index in [9.17, 15) is 13.2 Å². The fourth-order valence-electron chi connectivity index (χ4n) is 3.66. The van der Waals surface area contributed by atoms with E-state index in [2.05, 4.69) is 4.90 Å². The highest BCUT2D eigenvalue weighted by Gasteiger charge is 2.29. The Morgan fingerprint density at radius 2 is 1.63 bits per heavy atom. The molecule has 1 saturated heterocycles. The lowest BCUT2D eigenvalue weighted by molar-refractivity contribution is -0.139. The number of ether oxygens (including phenoxy) is 1. The molecule has 0 aromatic heterocycles. The summed E-state index contributed by atoms with van der Waals surface area (Å²) in [6.45, 7) is 1.40. The van der Waals surface area contributed by atoms with Crippen LogP contribution in [0.4, 0.5) is 5.69 Å². The van der Waals surface area contributed by atoms with Gasteiger partial charge in [-0.3, -0.25) is 0 Å². The van der Waals surface area contributed by atoms with Crippen LogP contribution in [0.15, 0.2) is 71.6 Å². The topological polar surface area (TPSA) is 87.2 Å². The minimum Gasteiger partial charge on any atom is -0.482 e. The molecule has 0 amide bonds. The maximum atomic E-state index is 13.3. The van der Waals surface area contributed by atoms with Crippen molar-refractivity contribution >= 4 is 32.5 Å². The number of carbonyl (C=O) groups is 1. The van der Waals surface area contributed by atoms with Crippen LogP contribution in [0.3, 0.4) is 0 Å². The van der Waals surface area contributed by atoms with Gasteiger partial charge in [0.05, 0.1) is 4.90 Å². The van der Waals surface area contributed by atoms with Crippen molar-refractivity contribution in [2.75, 3.05) is 37.7 Å². The number of aliphatic carboxylic acids is 1. The van der Waals surface area contributed by atoms with E-state index in [0.717, 1.165) is 16.5 Å². The fraction of sp³-hybridized carbons (Fsp3) is 0.227. The molecule has 1 heterocycles. The van der Waals surface area contributed by atoms with Gasteiger partial charge in [0.1, 0.15) is 5.75 Å². The van der Waals surface area contributed by atoms with Gasteiger partial charge in [-0.2, -0.15) is 4.31 Å². The molecule has 8 heteroatoms. The number of fused-ring (bicyclic) bond motifs is 1. The summed E-state index contributed by atoms with van der Waals surface area (Å²) in [7, 11) is -3.60. The molecule has 4 rings (SSSR count). The zero-order valence-electron chi connectivity index (χ0n) is 16.3. The lowest BCUT2D eigenvalue weighted by Crippen LogP contribution is -2.48. The Hall–Kier alpha value is -3.10. The average Bonchev–Trinajstić information content (AvgIpc) is 2.77. The molecule has 3 aromatic carbocycles. The van der Waals surface area contributed by atoms with E-state index in [0.29, 0.717) is 36.8 Å². The summed E-state index contributed by atoms with van der Waals surface area (Å²) >= 11 is 0. The van der Waals surface area contributed by atoms with Gasteiger partial charge in [0, 0.05) is 43.3 Å². The van der Waals surface area contributed by atoms with Gasteiger partial charge >= 0.3 is 5.97 Å². The predicted molar refractivity (Wildman–Crippen MR) is 114 cm³/mol. The molecule has 0 spiro atoms. The van der Waals surface area contributed by atoms with Crippen LogP contribution in [0.25, 0.3) is 10.8 Å². The maximum Gasteiger partial charge on any atom is 0.341 e. The van der Waals surface area contributed by atoms with E-state index < -0.39 is 22.6 Å². The summed E-state index contributed by atoms with van der Waals surface area (Å²) in [4.78, 5) is 13.1. The van der Waals surface area contributed by atoms with E-state index in [1.54, 1.807) is 30.3 Å². The van der Waals surface area contributed by atoms with Gasteiger partial charge in [-0.15, -0.1) is 0 Å². The van der Waals surface area contributed by atoms with Crippen molar-refractivity contribution in [2.24, 2.45) is 0 Å². The molecular formula is C22H22N2O5S. The smallest absolute Gasteiger partial charge is 0.341 e. The molecule has 1 aliphatic heterocycles. The number of hydrogen-bond donors (Lipinski definition) is 1. The molecule has 0 unspecified atom stereocenters. The number of rotatable bonds is 6. The number of carboxylic acids is 1. The Kier molecular flexibility index (Phi) is 5.61. The number of hydrogen-bond acceptors (Lipinski definition) is 5. The molecule has 0 radical (unpaired) electrons. The van der Waals surface area contributed by atoms with Crippen molar-refractivity contribution in [3.05, 3.63) is 66.7 Å². The second-order valence-corrected chi connectivity index (χ2v) is 8.95. The van der Waals surface area contributed by atoms with Crippen LogP contribution in [0.5, 0.6) is 5.75 Å². The SMILES string of the molecule is O=C(O)COc1cccc(N2CCN(S(=O)(=O)c3cccc4ccccc34)CC2)c1. The Bertz CT molecular complexity index is 1170. The van der Waals surface area contributed by atoms with Crippen molar-refractivity contribution in [2.45, 2.75) is 4.90 Å². The second kappa shape index (κ2) is 8.33. The van der Waals surface area contributed by atoms with Crippen molar-refractivity contribution < 1.29 is 23.1 Å². The predicted octanol–water partition coefficient (Wildman–Crippen LogP) is 2.81. The monoisotopic (exact) mass is 426 g/mol. The lowest BCUT2D eigenvalue weighted by atomic mass is 10.1. The molecule has 1 fully saturated rings. The quantitative estimate of drug-likeness (QED) is 0.652. The molecule has 0 bridgehead atoms. The molecule has 0 aliphatic carbocycles. The minimum absolute atomic E-state index is 0.332. The highest BCUT2D eigenvalue weighted by atomic mass is 32.2. The molecular weight excluding hydrogens is 404 g/mol. The van der Waals surface area contributed by atoms with Gasteiger partial charge in [-0.25, -0.2) is 13.2 Å². The molecule has 0 atom stereocenters. The third-order valence-electron chi connectivity index (χ3n) is 5.15. The van der Waals surface area contributed by atoms with E-state index in [1.165, 1.54) is 4.31 Å². The Morgan fingerprint density at radius 3 is 2.40 bits per heavy atom. The number of carboxylic acid groups (broad SMARTS) is 1. The van der Waals surface area contributed by atoms with Crippen LogP contribution >= 0.6 is 0 Å². The van der Waals surface area contributed by atoms with E-state index in [-0.39, 0.29) is 0 Å². The minimum atomic E-state index is -3.60. The lowest BCUT2D eigenvalue weighted by Gasteiger charge is -2.35. The molecule has 156 valence electrons. The Balaban J connectivity index is 1.49. The van der Waals surface area contributed by atoms with Gasteiger partial charge < -0.3 is 14.7 Å². The highest BCUT2D eigenvalue weighted by Crippen LogP contribution is 2.28. The maximum absolute atomic E-state index is 13.3. The molecule has 1 N–H and O–H groups in total. The van der Waals surface area contributed by atoms with Crippen molar-refractivity contribution in [3.8, 4) is 5.75 Å². The van der Waals surface area contributed by atoms with Gasteiger partial charge in [-0.05, 0) is 23.6 Å². The zero-order chi connectivity index (χ0) is 21.1. The second-order valence-electron chi connectivity index (χ2n) is 7.05. The average molecular weight is 426 g/mol. The third-order valence-corrected chi connectivity index (χ3v) is 7.11. The van der Waals surface area contributed by atoms with Crippen LogP contribution in [-0.2, 0) is 14.8 Å². The first kappa shape index (κ1) is 20.2. The van der Waals surface area contributed by atoms with E-state index in [4.69, 9.17) is 9.84 Å². The number of anilines is 1. The number of piperazine rings is 1. The number of sulfonamides is 1. The number of benzene rings is 3. The molecule has 1 aliphatic rings. The van der Waals surface area contributed by atoms with Gasteiger partial charge in [-0.1, -0.05) is 42.5 Å². The van der Waals surface area contributed by atoms with Crippen molar-refractivity contribution in [3.63, 3.8) is 0 Å². The van der Waals surface area contributed by atoms with Crippen LogP contribution in [-0.4, -0.2) is 56.6 Å². The summed E-state index contributed by atoms with van der Waals surface area (Å²) in [5, 5.41) is 10.4. The normalized spacial score (nSPS) is 15.3. The third kappa shape index (κ3) is 4.10. The zero-order valence-corrected chi connectivity index (χ0v) is 17.1. The Morgan fingerprint density at radius 1 is 0.933 bits per heavy atom. The fourth-order valence-corrected chi connectivity index (χ4v) is 5.30. The summed E-state index contributed by atoms with van der Waals surface area (Å²) in [5.74, 6) is -0.562. The van der Waals surface area contributed by atoms with Gasteiger partial charge in [0.25, 0.3) is 0 Å². The summed E-state index contributed by atoms with van der Waals surface area (Å²) in [5.41, 5.74) is 0.875. The summed E-state index contributed by atoms with van der Waals surface area (Å²) in [6.07, 6.45) is 0. The Labute approximate surface area is 175 Å². The van der Waals surface area contributed by atoms with Gasteiger partial charge in [0.15, 0.2) is 6.61 Å². The molecule has 3 aromatic rings. The van der Waals surface area contributed by atoms with Crippen LogP contribution < -0.4 is 9.64 Å². The van der Waals surface area contributed by atoms with Crippen LogP contribution in [0, 0.1) is 0 Å². The van der Waals surface area contributed by atoms with Crippen LogP contribution in [0.1, 0.15) is 0 Å². The summed E-state index contributed by atoms with van der Waals surface area (Å²) in [6, 6.07) is 20.0. The first-order chi connectivity index (χ1) is 14.4. The highest BCUT2D eigenvalue weighted by molar-refractivity contribution is 7.89. The molecule has 0 saturated carbocycles.